The molecule has 1 rings (SSSR count). The zero-order valence-electron chi connectivity index (χ0n) is 10.8. The summed E-state index contributed by atoms with van der Waals surface area (Å²) in [4.78, 5) is 0. The molecule has 0 saturated heterocycles. The maximum Gasteiger partial charge on any atom is 0.0594 e. The zero-order chi connectivity index (χ0) is 11.9. The van der Waals surface area contributed by atoms with Crippen molar-refractivity contribution < 1.29 is 9.84 Å². The van der Waals surface area contributed by atoms with E-state index in [4.69, 9.17) is 4.74 Å². The topological polar surface area (TPSA) is 41.5 Å². The van der Waals surface area contributed by atoms with Gasteiger partial charge in [0, 0.05) is 25.1 Å². The maximum atomic E-state index is 9.24. The number of aliphatic hydroxyl groups is 1. The van der Waals surface area contributed by atoms with Gasteiger partial charge in [0.05, 0.1) is 12.7 Å². The van der Waals surface area contributed by atoms with Crippen molar-refractivity contribution in [1.82, 2.24) is 5.32 Å². The molecule has 0 aliphatic heterocycles. The fourth-order valence-corrected chi connectivity index (χ4v) is 2.04. The van der Waals surface area contributed by atoms with Crippen molar-refractivity contribution in [2.24, 2.45) is 5.41 Å². The van der Waals surface area contributed by atoms with E-state index in [-0.39, 0.29) is 12.0 Å². The van der Waals surface area contributed by atoms with Crippen LogP contribution in [0.25, 0.3) is 0 Å². The minimum absolute atomic E-state index is 0.0212. The van der Waals surface area contributed by atoms with Crippen LogP contribution >= 0.6 is 0 Å². The summed E-state index contributed by atoms with van der Waals surface area (Å²) >= 11 is 0. The Balaban J connectivity index is 1.98. The lowest BCUT2D eigenvalue weighted by Crippen LogP contribution is -2.36. The molecule has 0 aromatic heterocycles. The highest BCUT2D eigenvalue weighted by molar-refractivity contribution is 4.74. The molecule has 3 heteroatoms. The Morgan fingerprint density at radius 2 is 2.06 bits per heavy atom. The molecule has 1 aliphatic rings. The van der Waals surface area contributed by atoms with Crippen LogP contribution in [-0.2, 0) is 4.74 Å². The quantitative estimate of drug-likeness (QED) is 0.625. The van der Waals surface area contributed by atoms with E-state index in [1.54, 1.807) is 0 Å². The molecule has 1 fully saturated rings. The lowest BCUT2D eigenvalue weighted by molar-refractivity contribution is 0.0572. The first-order valence-electron chi connectivity index (χ1n) is 6.63. The van der Waals surface area contributed by atoms with Crippen LogP contribution < -0.4 is 5.32 Å². The molecule has 1 unspecified atom stereocenters. The molecule has 16 heavy (non-hydrogen) atoms. The van der Waals surface area contributed by atoms with E-state index in [0.717, 1.165) is 26.1 Å². The van der Waals surface area contributed by atoms with Gasteiger partial charge < -0.3 is 15.2 Å². The molecule has 0 bridgehead atoms. The van der Waals surface area contributed by atoms with E-state index in [1.165, 1.54) is 25.7 Å². The van der Waals surface area contributed by atoms with Gasteiger partial charge in [-0.15, -0.1) is 0 Å². The minimum Gasteiger partial charge on any atom is -0.396 e. The third-order valence-corrected chi connectivity index (χ3v) is 3.72. The highest BCUT2D eigenvalue weighted by Gasteiger charge is 2.20. The van der Waals surface area contributed by atoms with Gasteiger partial charge in [-0.2, -0.15) is 0 Å². The molecule has 0 amide bonds. The van der Waals surface area contributed by atoms with Gasteiger partial charge in [-0.3, -0.25) is 0 Å². The lowest BCUT2D eigenvalue weighted by atomic mass is 9.89. The molecule has 0 spiro atoms. The first-order valence-corrected chi connectivity index (χ1v) is 6.63. The first kappa shape index (κ1) is 13.9. The van der Waals surface area contributed by atoms with Gasteiger partial charge in [0.1, 0.15) is 0 Å². The van der Waals surface area contributed by atoms with E-state index in [9.17, 15) is 5.11 Å². The molecule has 1 saturated carbocycles. The smallest absolute Gasteiger partial charge is 0.0594 e. The largest absolute Gasteiger partial charge is 0.396 e. The van der Waals surface area contributed by atoms with Gasteiger partial charge >= 0.3 is 0 Å². The van der Waals surface area contributed by atoms with E-state index in [1.807, 2.05) is 0 Å². The Morgan fingerprint density at radius 1 is 1.38 bits per heavy atom. The Hall–Kier alpha value is -0.120. The second kappa shape index (κ2) is 7.25. The highest BCUT2D eigenvalue weighted by Crippen LogP contribution is 2.20. The maximum absolute atomic E-state index is 9.24. The second-order valence-electron chi connectivity index (χ2n) is 5.28. The number of nitrogens with one attached hydrogen (secondary N) is 1. The monoisotopic (exact) mass is 229 g/mol. The second-order valence-corrected chi connectivity index (χ2v) is 5.28. The van der Waals surface area contributed by atoms with Gasteiger partial charge in [-0.05, 0) is 19.3 Å². The average Bonchev–Trinajstić information content (AvgIpc) is 2.81. The van der Waals surface area contributed by atoms with E-state index >= 15 is 0 Å². The number of hydrogen-bond donors (Lipinski definition) is 2. The molecule has 1 aliphatic carbocycles. The fraction of sp³-hybridized carbons (Fsp3) is 1.00. The molecule has 3 nitrogen and oxygen atoms in total. The summed E-state index contributed by atoms with van der Waals surface area (Å²) in [5.41, 5.74) is 0.0212. The minimum atomic E-state index is 0.0212. The van der Waals surface area contributed by atoms with Crippen molar-refractivity contribution in [1.29, 1.82) is 0 Å². The third-order valence-electron chi connectivity index (χ3n) is 3.72. The molecule has 0 radical (unpaired) electrons. The third kappa shape index (κ3) is 4.81. The van der Waals surface area contributed by atoms with Crippen molar-refractivity contribution in [3.8, 4) is 0 Å². The van der Waals surface area contributed by atoms with Crippen LogP contribution in [-0.4, -0.2) is 37.5 Å². The van der Waals surface area contributed by atoms with Crippen LogP contribution in [0.4, 0.5) is 0 Å². The SMILES string of the molecule is CCC(C)(CO)CNCCOC1CCCC1. The molecule has 0 aromatic rings. The van der Waals surface area contributed by atoms with Crippen molar-refractivity contribution in [3.63, 3.8) is 0 Å². The van der Waals surface area contributed by atoms with Gasteiger partial charge in [0.15, 0.2) is 0 Å². The van der Waals surface area contributed by atoms with E-state index < -0.39 is 0 Å². The number of rotatable bonds is 8. The first-order chi connectivity index (χ1) is 7.70. The number of aliphatic hydroxyl groups excluding tert-OH is 1. The summed E-state index contributed by atoms with van der Waals surface area (Å²) in [5, 5.41) is 12.6. The Labute approximate surface area is 99.6 Å². The summed E-state index contributed by atoms with van der Waals surface area (Å²) in [6, 6.07) is 0. The molecule has 0 heterocycles. The normalized spacial score (nSPS) is 21.2. The van der Waals surface area contributed by atoms with Crippen LogP contribution in [0.2, 0.25) is 0 Å². The highest BCUT2D eigenvalue weighted by atomic mass is 16.5. The molecule has 2 N–H and O–H groups in total. The number of ether oxygens (including phenoxy) is 1. The molecule has 1 atom stereocenters. The Bertz CT molecular complexity index is 175. The van der Waals surface area contributed by atoms with Gasteiger partial charge in [-0.25, -0.2) is 0 Å². The van der Waals surface area contributed by atoms with Gasteiger partial charge in [-0.1, -0.05) is 26.7 Å². The van der Waals surface area contributed by atoms with Crippen LogP contribution in [0, 0.1) is 5.41 Å². The van der Waals surface area contributed by atoms with Gasteiger partial charge in [0.2, 0.25) is 0 Å². The predicted molar refractivity (Wildman–Crippen MR) is 66.6 cm³/mol. The average molecular weight is 229 g/mol. The number of hydrogen-bond acceptors (Lipinski definition) is 3. The zero-order valence-corrected chi connectivity index (χ0v) is 10.8. The molecular weight excluding hydrogens is 202 g/mol. The van der Waals surface area contributed by atoms with Gasteiger partial charge in [0.25, 0.3) is 0 Å². The van der Waals surface area contributed by atoms with Crippen molar-refractivity contribution in [2.45, 2.75) is 52.1 Å². The molecule has 96 valence electrons. The molecule has 0 aromatic carbocycles. The van der Waals surface area contributed by atoms with E-state index in [0.29, 0.717) is 6.10 Å². The Kier molecular flexibility index (Phi) is 6.32. The van der Waals surface area contributed by atoms with Crippen molar-refractivity contribution >= 4 is 0 Å². The summed E-state index contributed by atoms with van der Waals surface area (Å²) in [7, 11) is 0. The Morgan fingerprint density at radius 3 is 2.62 bits per heavy atom. The summed E-state index contributed by atoms with van der Waals surface area (Å²) < 4.78 is 5.76. The van der Waals surface area contributed by atoms with Crippen LogP contribution in [0.3, 0.4) is 0 Å². The summed E-state index contributed by atoms with van der Waals surface area (Å²) in [5.74, 6) is 0. The summed E-state index contributed by atoms with van der Waals surface area (Å²) in [6.07, 6.45) is 6.65. The fourth-order valence-electron chi connectivity index (χ4n) is 2.04. The molecular formula is C13H27NO2. The van der Waals surface area contributed by atoms with Crippen LogP contribution in [0.1, 0.15) is 46.0 Å². The van der Waals surface area contributed by atoms with E-state index in [2.05, 4.69) is 19.2 Å². The van der Waals surface area contributed by atoms with Crippen LogP contribution in [0.5, 0.6) is 0 Å². The van der Waals surface area contributed by atoms with Crippen molar-refractivity contribution in [2.75, 3.05) is 26.3 Å². The lowest BCUT2D eigenvalue weighted by Gasteiger charge is -2.26. The summed E-state index contributed by atoms with van der Waals surface area (Å²) in [6.45, 7) is 7.04. The standard InChI is InChI=1S/C13H27NO2/c1-3-13(2,11-15)10-14-8-9-16-12-6-4-5-7-12/h12,14-15H,3-11H2,1-2H3. The predicted octanol–water partition coefficient (Wildman–Crippen LogP) is 1.94. The van der Waals surface area contributed by atoms with Crippen LogP contribution in [0.15, 0.2) is 0 Å². The van der Waals surface area contributed by atoms with Crippen molar-refractivity contribution in [3.05, 3.63) is 0 Å².